The maximum atomic E-state index is 11.9. The van der Waals surface area contributed by atoms with E-state index in [0.29, 0.717) is 6.42 Å². The Morgan fingerprint density at radius 2 is 1.94 bits per heavy atom. The number of carbonyl (C=O) groups is 1. The second-order valence-corrected chi connectivity index (χ2v) is 6.93. The first-order valence-corrected chi connectivity index (χ1v) is 6.87. The molecule has 0 aromatic heterocycles. The third kappa shape index (κ3) is 3.69. The molecule has 1 amide bonds. The van der Waals surface area contributed by atoms with Crippen LogP contribution in [0.1, 0.15) is 46.5 Å². The maximum absolute atomic E-state index is 11.9. The fraction of sp³-hybridized carbons (Fsp3) is 0.929. The molecule has 1 aliphatic carbocycles. The molecule has 3 N–H and O–H groups in total. The van der Waals surface area contributed by atoms with Gasteiger partial charge in [-0.25, -0.2) is 0 Å². The second kappa shape index (κ2) is 5.57. The standard InChI is InChI=1S/C14H29N3O/c1-13(2,3)11(15)9-12(18)16-10-14(17(4)5)7-6-8-14/h11H,6-10,15H2,1-5H3,(H,16,18). The Kier molecular flexibility index (Phi) is 4.78. The topological polar surface area (TPSA) is 58.4 Å². The van der Waals surface area contributed by atoms with Gasteiger partial charge in [0.2, 0.25) is 5.91 Å². The zero-order valence-electron chi connectivity index (χ0n) is 12.5. The Labute approximate surface area is 111 Å². The van der Waals surface area contributed by atoms with Crippen molar-refractivity contribution >= 4 is 5.91 Å². The second-order valence-electron chi connectivity index (χ2n) is 6.93. The van der Waals surface area contributed by atoms with Crippen molar-refractivity contribution in [2.45, 2.75) is 58.0 Å². The van der Waals surface area contributed by atoms with Crippen LogP contribution < -0.4 is 11.1 Å². The lowest BCUT2D eigenvalue weighted by Crippen LogP contribution is -2.57. The molecule has 106 valence electrons. The van der Waals surface area contributed by atoms with Crippen LogP contribution in [0, 0.1) is 5.41 Å². The molecule has 1 aliphatic rings. The molecule has 4 nitrogen and oxygen atoms in total. The fourth-order valence-electron chi connectivity index (χ4n) is 2.21. The van der Waals surface area contributed by atoms with Gasteiger partial charge in [-0.05, 0) is 38.8 Å². The Balaban J connectivity index is 2.38. The van der Waals surface area contributed by atoms with E-state index >= 15 is 0 Å². The molecule has 0 aromatic rings. The van der Waals surface area contributed by atoms with Crippen LogP contribution in [0.15, 0.2) is 0 Å². The first-order valence-electron chi connectivity index (χ1n) is 6.87. The van der Waals surface area contributed by atoms with Crippen LogP contribution in [0.3, 0.4) is 0 Å². The van der Waals surface area contributed by atoms with Crippen molar-refractivity contribution in [3.8, 4) is 0 Å². The van der Waals surface area contributed by atoms with Crippen molar-refractivity contribution in [3.05, 3.63) is 0 Å². The Bertz CT molecular complexity index is 290. The summed E-state index contributed by atoms with van der Waals surface area (Å²) in [5.74, 6) is 0.0746. The summed E-state index contributed by atoms with van der Waals surface area (Å²) < 4.78 is 0. The van der Waals surface area contributed by atoms with Crippen LogP contribution in [0.25, 0.3) is 0 Å². The first kappa shape index (κ1) is 15.4. The highest BCUT2D eigenvalue weighted by Gasteiger charge is 2.39. The van der Waals surface area contributed by atoms with Crippen LogP contribution in [0.4, 0.5) is 0 Å². The van der Waals surface area contributed by atoms with Gasteiger partial charge in [-0.15, -0.1) is 0 Å². The van der Waals surface area contributed by atoms with Crippen molar-refractivity contribution in [2.24, 2.45) is 11.1 Å². The predicted molar refractivity (Wildman–Crippen MR) is 75.3 cm³/mol. The molecule has 1 rings (SSSR count). The lowest BCUT2D eigenvalue weighted by molar-refractivity contribution is -0.123. The molecular formula is C14H29N3O. The third-order valence-corrected chi connectivity index (χ3v) is 4.37. The van der Waals surface area contributed by atoms with Crippen LogP contribution in [0.2, 0.25) is 0 Å². The van der Waals surface area contributed by atoms with E-state index in [1.54, 1.807) is 0 Å². The molecule has 4 heteroatoms. The highest BCUT2D eigenvalue weighted by molar-refractivity contribution is 5.76. The number of likely N-dealkylation sites (N-methyl/N-ethyl adjacent to an activating group) is 1. The summed E-state index contributed by atoms with van der Waals surface area (Å²) in [5, 5.41) is 3.05. The van der Waals surface area contributed by atoms with E-state index in [1.807, 2.05) is 0 Å². The van der Waals surface area contributed by atoms with Crippen molar-refractivity contribution < 1.29 is 4.79 Å². The van der Waals surface area contributed by atoms with Crippen LogP contribution in [-0.4, -0.2) is 43.0 Å². The Morgan fingerprint density at radius 1 is 1.39 bits per heavy atom. The normalized spacial score (nSPS) is 20.4. The summed E-state index contributed by atoms with van der Waals surface area (Å²) in [7, 11) is 4.18. The van der Waals surface area contributed by atoms with Crippen molar-refractivity contribution in [2.75, 3.05) is 20.6 Å². The zero-order valence-corrected chi connectivity index (χ0v) is 12.5. The highest BCUT2D eigenvalue weighted by Crippen LogP contribution is 2.35. The van der Waals surface area contributed by atoms with Gasteiger partial charge in [-0.2, -0.15) is 0 Å². The van der Waals surface area contributed by atoms with Gasteiger partial charge < -0.3 is 16.0 Å². The van der Waals surface area contributed by atoms with E-state index in [9.17, 15) is 4.79 Å². The van der Waals surface area contributed by atoms with Crippen molar-refractivity contribution in [1.82, 2.24) is 10.2 Å². The fourth-order valence-corrected chi connectivity index (χ4v) is 2.21. The number of rotatable bonds is 5. The summed E-state index contributed by atoms with van der Waals surface area (Å²) in [6.45, 7) is 6.95. The molecule has 0 aromatic carbocycles. The number of hydrogen-bond donors (Lipinski definition) is 2. The molecule has 0 aliphatic heterocycles. The van der Waals surface area contributed by atoms with Gasteiger partial charge in [0.05, 0.1) is 0 Å². The van der Waals surface area contributed by atoms with Gasteiger partial charge in [0.15, 0.2) is 0 Å². The van der Waals surface area contributed by atoms with Gasteiger partial charge in [0.1, 0.15) is 0 Å². The molecule has 0 radical (unpaired) electrons. The number of carbonyl (C=O) groups excluding carboxylic acids is 1. The molecular weight excluding hydrogens is 226 g/mol. The summed E-state index contributed by atoms with van der Waals surface area (Å²) >= 11 is 0. The van der Waals surface area contributed by atoms with Gasteiger partial charge >= 0.3 is 0 Å². The van der Waals surface area contributed by atoms with Gasteiger partial charge in [0.25, 0.3) is 0 Å². The maximum Gasteiger partial charge on any atom is 0.221 e. The SMILES string of the molecule is CN(C)C1(CNC(=O)CC(N)C(C)(C)C)CCC1. The minimum absolute atomic E-state index is 0.0208. The average molecular weight is 255 g/mol. The molecule has 0 heterocycles. The summed E-state index contributed by atoms with van der Waals surface area (Å²) in [6.07, 6.45) is 4.01. The molecule has 1 atom stereocenters. The van der Waals surface area contributed by atoms with E-state index in [0.717, 1.165) is 6.54 Å². The van der Waals surface area contributed by atoms with Crippen LogP contribution >= 0.6 is 0 Å². The Hall–Kier alpha value is -0.610. The number of nitrogens with two attached hydrogens (primary N) is 1. The lowest BCUT2D eigenvalue weighted by atomic mass is 9.75. The number of nitrogens with one attached hydrogen (secondary N) is 1. The number of hydrogen-bond acceptors (Lipinski definition) is 3. The third-order valence-electron chi connectivity index (χ3n) is 4.37. The molecule has 18 heavy (non-hydrogen) atoms. The molecule has 0 spiro atoms. The van der Waals surface area contributed by atoms with E-state index in [2.05, 4.69) is 45.1 Å². The van der Waals surface area contributed by atoms with Crippen LogP contribution in [-0.2, 0) is 4.79 Å². The predicted octanol–water partition coefficient (Wildman–Crippen LogP) is 1.35. The summed E-state index contributed by atoms with van der Waals surface area (Å²) in [6, 6.07) is -0.0887. The summed E-state index contributed by atoms with van der Waals surface area (Å²) in [4.78, 5) is 14.1. The monoisotopic (exact) mass is 255 g/mol. The first-order chi connectivity index (χ1) is 8.17. The lowest BCUT2D eigenvalue weighted by Gasteiger charge is -2.47. The zero-order chi connectivity index (χ0) is 14.0. The average Bonchev–Trinajstić information content (AvgIpc) is 2.13. The number of amides is 1. The Morgan fingerprint density at radius 3 is 2.28 bits per heavy atom. The molecule has 1 fully saturated rings. The van der Waals surface area contributed by atoms with Crippen molar-refractivity contribution in [3.63, 3.8) is 0 Å². The van der Waals surface area contributed by atoms with Crippen molar-refractivity contribution in [1.29, 1.82) is 0 Å². The minimum Gasteiger partial charge on any atom is -0.354 e. The van der Waals surface area contributed by atoms with Gasteiger partial charge in [0, 0.05) is 24.5 Å². The largest absolute Gasteiger partial charge is 0.354 e. The van der Waals surface area contributed by atoms with E-state index < -0.39 is 0 Å². The summed E-state index contributed by atoms with van der Waals surface area (Å²) in [5.41, 5.74) is 6.19. The molecule has 0 bridgehead atoms. The van der Waals surface area contributed by atoms with Gasteiger partial charge in [-0.1, -0.05) is 20.8 Å². The highest BCUT2D eigenvalue weighted by atomic mass is 16.1. The van der Waals surface area contributed by atoms with E-state index in [1.165, 1.54) is 19.3 Å². The minimum atomic E-state index is -0.0887. The van der Waals surface area contributed by atoms with E-state index in [4.69, 9.17) is 5.73 Å². The van der Waals surface area contributed by atoms with E-state index in [-0.39, 0.29) is 22.9 Å². The van der Waals surface area contributed by atoms with Crippen LogP contribution in [0.5, 0.6) is 0 Å². The molecule has 1 saturated carbocycles. The quantitative estimate of drug-likeness (QED) is 0.779. The molecule has 1 unspecified atom stereocenters. The van der Waals surface area contributed by atoms with Gasteiger partial charge in [-0.3, -0.25) is 4.79 Å². The smallest absolute Gasteiger partial charge is 0.221 e. The number of nitrogens with zero attached hydrogens (tertiary/aromatic N) is 1. The molecule has 0 saturated heterocycles.